The van der Waals surface area contributed by atoms with E-state index in [1.807, 2.05) is 36.4 Å². The first-order chi connectivity index (χ1) is 9.64. The first kappa shape index (κ1) is 13.3. The van der Waals surface area contributed by atoms with Crippen molar-refractivity contribution >= 4 is 11.6 Å². The summed E-state index contributed by atoms with van der Waals surface area (Å²) in [6, 6.07) is 20.3. The molecule has 2 heteroatoms. The fourth-order valence-corrected chi connectivity index (χ4v) is 2.96. The van der Waals surface area contributed by atoms with Gasteiger partial charge in [-0.1, -0.05) is 60.7 Å². The molecule has 0 aliphatic carbocycles. The quantitative estimate of drug-likeness (QED) is 0.579. The highest BCUT2D eigenvalue weighted by Gasteiger charge is 2.53. The minimum absolute atomic E-state index is 0.0843. The van der Waals surface area contributed by atoms with E-state index in [9.17, 15) is 0 Å². The largest absolute Gasteiger partial charge is 0.480 e. The van der Waals surface area contributed by atoms with Crippen LogP contribution in [0.5, 0.6) is 0 Å². The number of epoxide rings is 1. The minimum atomic E-state index is -0.658. The van der Waals surface area contributed by atoms with Crippen molar-refractivity contribution in [2.75, 3.05) is 0 Å². The lowest BCUT2D eigenvalue weighted by Crippen LogP contribution is -2.27. The molecule has 1 fully saturated rings. The van der Waals surface area contributed by atoms with Crippen molar-refractivity contribution in [1.29, 1.82) is 0 Å². The van der Waals surface area contributed by atoms with Crippen LogP contribution in [0, 0.1) is 0 Å². The van der Waals surface area contributed by atoms with Crippen LogP contribution >= 0.6 is 11.6 Å². The maximum Gasteiger partial charge on any atom is 0.182 e. The number of halogens is 1. The Hall–Kier alpha value is -1.73. The van der Waals surface area contributed by atoms with E-state index >= 15 is 0 Å². The van der Waals surface area contributed by atoms with Gasteiger partial charge in [0.2, 0.25) is 0 Å². The first-order valence-electron chi connectivity index (χ1n) is 6.78. The molecule has 0 spiro atoms. The lowest BCUT2D eigenvalue weighted by molar-refractivity contribution is 0.384. The molecule has 1 aliphatic heterocycles. The number of rotatable bonds is 3. The minimum Gasteiger partial charge on any atom is -0.480 e. The van der Waals surface area contributed by atoms with Crippen LogP contribution in [0.1, 0.15) is 25.0 Å². The molecule has 1 unspecified atom stereocenters. The smallest absolute Gasteiger partial charge is 0.182 e. The summed E-state index contributed by atoms with van der Waals surface area (Å²) in [6.07, 6.45) is -0.0843. The van der Waals surface area contributed by atoms with Crippen molar-refractivity contribution in [3.63, 3.8) is 0 Å². The second kappa shape index (κ2) is 4.99. The Bertz CT molecular complexity index is 587. The van der Waals surface area contributed by atoms with E-state index in [0.717, 1.165) is 16.9 Å². The molecule has 2 aromatic rings. The Labute approximate surface area is 124 Å². The highest BCUT2D eigenvalue weighted by molar-refractivity contribution is 6.27. The number of allylic oxidation sites excluding steroid dienone is 1. The number of benzene rings is 2. The molecule has 1 aliphatic rings. The van der Waals surface area contributed by atoms with Gasteiger partial charge in [0.25, 0.3) is 0 Å². The Morgan fingerprint density at radius 3 is 1.70 bits per heavy atom. The molecule has 0 bridgehead atoms. The van der Waals surface area contributed by atoms with Gasteiger partial charge in [0.05, 0.1) is 0 Å². The molecular formula is C18H17ClO. The van der Waals surface area contributed by atoms with Gasteiger partial charge in [-0.05, 0) is 30.5 Å². The molecule has 20 heavy (non-hydrogen) atoms. The van der Waals surface area contributed by atoms with E-state index in [4.69, 9.17) is 16.3 Å². The third-order valence-electron chi connectivity index (χ3n) is 3.67. The lowest BCUT2D eigenvalue weighted by Gasteiger charge is -2.25. The highest BCUT2D eigenvalue weighted by Crippen LogP contribution is 2.52. The van der Waals surface area contributed by atoms with E-state index in [1.54, 1.807) is 0 Å². The summed E-state index contributed by atoms with van der Waals surface area (Å²) in [7, 11) is 0. The molecule has 3 rings (SSSR count). The topological polar surface area (TPSA) is 12.5 Å². The SMILES string of the molecule is CC(C)=C1OC1C(Cl)(c1ccccc1)c1ccccc1. The standard InChI is InChI=1S/C18H17ClO/c1-13(2)16-17(20-16)18(19,14-9-5-3-6-10-14)15-11-7-4-8-12-15/h3-12,17H,1-2H3. The van der Waals surface area contributed by atoms with Crippen molar-refractivity contribution in [3.05, 3.63) is 83.1 Å². The number of ether oxygens (including phenoxy) is 1. The fourth-order valence-electron chi connectivity index (χ4n) is 2.57. The first-order valence-corrected chi connectivity index (χ1v) is 7.16. The number of hydrogen-bond acceptors (Lipinski definition) is 1. The summed E-state index contributed by atoms with van der Waals surface area (Å²) >= 11 is 7.07. The summed E-state index contributed by atoms with van der Waals surface area (Å²) in [4.78, 5) is -0.658. The highest BCUT2D eigenvalue weighted by atomic mass is 35.5. The number of hydrogen-bond donors (Lipinski definition) is 0. The third-order valence-corrected chi connectivity index (χ3v) is 4.30. The Morgan fingerprint density at radius 1 is 0.900 bits per heavy atom. The molecule has 1 atom stereocenters. The van der Waals surface area contributed by atoms with Gasteiger partial charge in [0.15, 0.2) is 6.10 Å². The molecule has 1 saturated heterocycles. The molecule has 0 saturated carbocycles. The van der Waals surface area contributed by atoms with E-state index in [1.165, 1.54) is 5.57 Å². The monoisotopic (exact) mass is 284 g/mol. The van der Waals surface area contributed by atoms with Crippen LogP contribution in [-0.2, 0) is 9.61 Å². The van der Waals surface area contributed by atoms with Crippen LogP contribution < -0.4 is 0 Å². The Morgan fingerprint density at radius 2 is 1.35 bits per heavy atom. The Balaban J connectivity index is 2.13. The zero-order valence-corrected chi connectivity index (χ0v) is 12.4. The van der Waals surface area contributed by atoms with E-state index < -0.39 is 4.87 Å². The van der Waals surface area contributed by atoms with Crippen molar-refractivity contribution in [1.82, 2.24) is 0 Å². The zero-order valence-electron chi connectivity index (χ0n) is 11.6. The van der Waals surface area contributed by atoms with Crippen LogP contribution in [0.2, 0.25) is 0 Å². The van der Waals surface area contributed by atoms with E-state index in [2.05, 4.69) is 38.1 Å². The molecule has 0 aromatic heterocycles. The molecule has 0 amide bonds. The normalized spacial score (nSPS) is 17.6. The summed E-state index contributed by atoms with van der Waals surface area (Å²) in [5, 5.41) is 0. The predicted octanol–water partition coefficient (Wildman–Crippen LogP) is 4.86. The average Bonchev–Trinajstić information content (AvgIpc) is 3.29. The predicted molar refractivity (Wildman–Crippen MR) is 82.8 cm³/mol. The summed E-state index contributed by atoms with van der Waals surface area (Å²) < 4.78 is 5.80. The van der Waals surface area contributed by atoms with Gasteiger partial charge < -0.3 is 4.74 Å². The maximum atomic E-state index is 7.07. The van der Waals surface area contributed by atoms with Crippen LogP contribution in [0.25, 0.3) is 0 Å². The molecule has 102 valence electrons. The van der Waals surface area contributed by atoms with Gasteiger partial charge in [-0.15, -0.1) is 11.6 Å². The average molecular weight is 285 g/mol. The molecule has 0 N–H and O–H groups in total. The molecular weight excluding hydrogens is 268 g/mol. The summed E-state index contributed by atoms with van der Waals surface area (Å²) in [5.41, 5.74) is 3.31. The summed E-state index contributed by atoms with van der Waals surface area (Å²) in [5.74, 6) is 1.01. The van der Waals surface area contributed by atoms with Crippen LogP contribution in [0.4, 0.5) is 0 Å². The van der Waals surface area contributed by atoms with Gasteiger partial charge in [-0.25, -0.2) is 0 Å². The second-order valence-electron chi connectivity index (χ2n) is 5.31. The zero-order chi connectivity index (χ0) is 14.2. The summed E-state index contributed by atoms with van der Waals surface area (Å²) in [6.45, 7) is 4.12. The van der Waals surface area contributed by atoms with Crippen molar-refractivity contribution in [2.45, 2.75) is 24.8 Å². The fraction of sp³-hybridized carbons (Fsp3) is 0.222. The maximum absolute atomic E-state index is 7.07. The molecule has 2 aromatic carbocycles. The van der Waals surface area contributed by atoms with Gasteiger partial charge in [0, 0.05) is 0 Å². The van der Waals surface area contributed by atoms with Crippen molar-refractivity contribution in [3.8, 4) is 0 Å². The van der Waals surface area contributed by atoms with Gasteiger partial charge in [-0.3, -0.25) is 0 Å². The van der Waals surface area contributed by atoms with Crippen molar-refractivity contribution in [2.24, 2.45) is 0 Å². The molecule has 1 heterocycles. The van der Waals surface area contributed by atoms with Gasteiger partial charge in [0.1, 0.15) is 10.6 Å². The van der Waals surface area contributed by atoms with Crippen LogP contribution in [0.15, 0.2) is 72.0 Å². The van der Waals surface area contributed by atoms with Crippen LogP contribution in [0.3, 0.4) is 0 Å². The van der Waals surface area contributed by atoms with Gasteiger partial charge in [-0.2, -0.15) is 0 Å². The Kier molecular flexibility index (Phi) is 3.31. The van der Waals surface area contributed by atoms with Gasteiger partial charge >= 0.3 is 0 Å². The lowest BCUT2D eigenvalue weighted by atomic mass is 9.86. The molecule has 0 radical (unpaired) electrons. The second-order valence-corrected chi connectivity index (χ2v) is 5.90. The number of alkyl halides is 1. The van der Waals surface area contributed by atoms with E-state index in [-0.39, 0.29) is 6.10 Å². The van der Waals surface area contributed by atoms with E-state index in [0.29, 0.717) is 0 Å². The van der Waals surface area contributed by atoms with Crippen molar-refractivity contribution < 1.29 is 4.74 Å². The van der Waals surface area contributed by atoms with Crippen LogP contribution in [-0.4, -0.2) is 6.10 Å². The third kappa shape index (κ3) is 2.12. The molecule has 1 nitrogen and oxygen atoms in total.